The Morgan fingerprint density at radius 3 is 2.26 bits per heavy atom. The Balaban J connectivity index is 0.000000650. The summed E-state index contributed by atoms with van der Waals surface area (Å²) in [6, 6.07) is 3.63. The Labute approximate surface area is 226 Å². The molecule has 1 aliphatic rings. The number of hydrogen-bond donors (Lipinski definition) is 4. The van der Waals surface area contributed by atoms with E-state index in [9.17, 15) is 27.9 Å². The first-order valence-electron chi connectivity index (χ1n) is 13.0. The highest BCUT2D eigenvalue weighted by molar-refractivity contribution is 5.98. The molecule has 3 aromatic rings. The van der Waals surface area contributed by atoms with Gasteiger partial charge >= 0.3 is 6.18 Å². The first-order valence-corrected chi connectivity index (χ1v) is 13.0. The van der Waals surface area contributed by atoms with Crippen LogP contribution in [-0.2, 0) is 17.5 Å². The maximum atomic E-state index is 12.9. The first-order chi connectivity index (χ1) is 18.7. The molecule has 4 rings (SSSR count). The molecule has 0 bridgehead atoms. The number of fused-ring (bicyclic) bond motifs is 1. The number of nitrogens with one attached hydrogen (secondary N) is 2. The molecule has 216 valence electrons. The van der Waals surface area contributed by atoms with Crippen molar-refractivity contribution >= 4 is 23.1 Å². The molecule has 0 saturated carbocycles. The van der Waals surface area contributed by atoms with E-state index in [0.29, 0.717) is 6.29 Å². The Morgan fingerprint density at radius 2 is 1.77 bits per heavy atom. The molecule has 9 nitrogen and oxygen atoms in total. The molecular formula is C27H38F3N5O4. The first kappa shape index (κ1) is 33.5. The second-order valence-corrected chi connectivity index (χ2v) is 7.93. The van der Waals surface area contributed by atoms with Crippen LogP contribution in [-0.4, -0.2) is 46.4 Å². The van der Waals surface area contributed by atoms with E-state index in [-0.39, 0.29) is 40.4 Å². The summed E-state index contributed by atoms with van der Waals surface area (Å²) < 4.78 is 44.3. The van der Waals surface area contributed by atoms with E-state index in [0.717, 1.165) is 18.2 Å². The maximum absolute atomic E-state index is 12.9. The molecule has 1 atom stereocenters. The molecule has 12 heteroatoms. The minimum absolute atomic E-state index is 0.0247. The highest BCUT2D eigenvalue weighted by Crippen LogP contribution is 2.36. The van der Waals surface area contributed by atoms with Gasteiger partial charge in [-0.25, -0.2) is 9.97 Å². The molecule has 0 radical (unpaired) electrons. The van der Waals surface area contributed by atoms with Crippen molar-refractivity contribution in [1.82, 2.24) is 20.6 Å². The van der Waals surface area contributed by atoms with Crippen molar-refractivity contribution < 1.29 is 32.3 Å². The van der Waals surface area contributed by atoms with Crippen molar-refractivity contribution in [3.63, 3.8) is 0 Å². The number of benzene rings is 1. The maximum Gasteiger partial charge on any atom is 0.433 e. The highest BCUT2D eigenvalue weighted by atomic mass is 19.4. The number of pyridine rings is 1. The minimum atomic E-state index is -4.69. The predicted molar refractivity (Wildman–Crippen MR) is 144 cm³/mol. The molecule has 39 heavy (non-hydrogen) atoms. The molecule has 0 spiro atoms. The van der Waals surface area contributed by atoms with Gasteiger partial charge in [0.2, 0.25) is 5.89 Å². The largest absolute Gasteiger partial charge is 0.506 e. The standard InChI is InChI=1S/C18H15F3N4O4.C5H11N.2C2H6/c1-8(7-26)23-16(28)15-12(6-22)29-17(25-15)10-2-4-11(27)14-9(10)3-5-13(24-14)18(19,20)21;1-2-4-6-5-3-1;2*1-2/h2-5,7-8,27H,6,22H2,1H3,(H,23,28);6H,1-5H2;2*1-2H3/t8-;;;/m0.../s1. The summed E-state index contributed by atoms with van der Waals surface area (Å²) in [6.45, 7) is 11.8. The van der Waals surface area contributed by atoms with Crippen molar-refractivity contribution in [3.05, 3.63) is 41.4 Å². The summed E-state index contributed by atoms with van der Waals surface area (Å²) in [5.74, 6) is -1.23. The van der Waals surface area contributed by atoms with Crippen molar-refractivity contribution in [2.24, 2.45) is 5.73 Å². The number of phenols is 1. The van der Waals surface area contributed by atoms with Gasteiger partial charge < -0.3 is 30.7 Å². The molecule has 0 unspecified atom stereocenters. The summed E-state index contributed by atoms with van der Waals surface area (Å²) in [5, 5.41) is 15.8. The number of aromatic hydroxyl groups is 1. The molecule has 0 aliphatic carbocycles. The van der Waals surface area contributed by atoms with Gasteiger partial charge in [-0.05, 0) is 57.1 Å². The fourth-order valence-electron chi connectivity index (χ4n) is 3.44. The van der Waals surface area contributed by atoms with Gasteiger partial charge in [-0.3, -0.25) is 4.79 Å². The van der Waals surface area contributed by atoms with E-state index < -0.39 is 29.6 Å². The molecule has 1 aromatic carbocycles. The third-order valence-corrected chi connectivity index (χ3v) is 5.22. The van der Waals surface area contributed by atoms with E-state index in [1.807, 2.05) is 27.7 Å². The fourth-order valence-corrected chi connectivity index (χ4v) is 3.44. The van der Waals surface area contributed by atoms with E-state index in [1.165, 1.54) is 45.3 Å². The second-order valence-electron chi connectivity index (χ2n) is 7.93. The van der Waals surface area contributed by atoms with Gasteiger partial charge in [-0.15, -0.1) is 0 Å². The molecule has 2 aromatic heterocycles. The number of nitrogens with zero attached hydrogens (tertiary/aromatic N) is 2. The zero-order valence-corrected chi connectivity index (χ0v) is 23.0. The van der Waals surface area contributed by atoms with E-state index in [1.54, 1.807) is 0 Å². The van der Waals surface area contributed by atoms with Crippen LogP contribution in [0.15, 0.2) is 28.7 Å². The highest BCUT2D eigenvalue weighted by Gasteiger charge is 2.33. The summed E-state index contributed by atoms with van der Waals surface area (Å²) in [5.41, 5.74) is 4.17. The molecule has 1 aliphatic heterocycles. The average Bonchev–Trinajstić information content (AvgIpc) is 3.40. The monoisotopic (exact) mass is 553 g/mol. The summed E-state index contributed by atoms with van der Waals surface area (Å²) in [6.07, 6.45) is 0.0538. The molecule has 1 fully saturated rings. The van der Waals surface area contributed by atoms with E-state index >= 15 is 0 Å². The quantitative estimate of drug-likeness (QED) is 0.316. The van der Waals surface area contributed by atoms with Gasteiger partial charge in [0, 0.05) is 10.9 Å². The number of phenolic OH excluding ortho intramolecular Hbond substituents is 1. The number of carbonyl (C=O) groups is 2. The van der Waals surface area contributed by atoms with E-state index in [4.69, 9.17) is 10.2 Å². The van der Waals surface area contributed by atoms with Crippen LogP contribution in [0.5, 0.6) is 5.75 Å². The molecule has 3 heterocycles. The topological polar surface area (TPSA) is 143 Å². The van der Waals surface area contributed by atoms with Crippen LogP contribution in [0, 0.1) is 0 Å². The van der Waals surface area contributed by atoms with Crippen LogP contribution in [0.3, 0.4) is 0 Å². The number of rotatable bonds is 5. The van der Waals surface area contributed by atoms with E-state index in [2.05, 4.69) is 20.6 Å². The predicted octanol–water partition coefficient (Wildman–Crippen LogP) is 5.20. The number of aromatic nitrogens is 2. The molecule has 1 amide bonds. The van der Waals surface area contributed by atoms with Crippen LogP contribution in [0.4, 0.5) is 13.2 Å². The van der Waals surface area contributed by atoms with Crippen molar-refractivity contribution in [2.75, 3.05) is 13.1 Å². The van der Waals surface area contributed by atoms with Gasteiger partial charge in [0.25, 0.3) is 5.91 Å². The van der Waals surface area contributed by atoms with Crippen LogP contribution < -0.4 is 16.4 Å². The third kappa shape index (κ3) is 9.32. The van der Waals surface area contributed by atoms with Crippen LogP contribution in [0.25, 0.3) is 22.4 Å². The lowest BCUT2D eigenvalue weighted by Gasteiger charge is -2.09. The number of carbonyl (C=O) groups excluding carboxylic acids is 2. The van der Waals surface area contributed by atoms with Crippen molar-refractivity contribution in [3.8, 4) is 17.2 Å². The van der Waals surface area contributed by atoms with Gasteiger partial charge in [0.15, 0.2) is 11.5 Å². The molecule has 1 saturated heterocycles. The molecular weight excluding hydrogens is 515 g/mol. The lowest BCUT2D eigenvalue weighted by molar-refractivity contribution is -0.141. The Hall–Kier alpha value is -3.51. The number of amides is 1. The summed E-state index contributed by atoms with van der Waals surface area (Å²) in [7, 11) is 0. The van der Waals surface area contributed by atoms with Crippen molar-refractivity contribution in [1.29, 1.82) is 0 Å². The smallest absolute Gasteiger partial charge is 0.433 e. The Morgan fingerprint density at radius 1 is 1.13 bits per heavy atom. The number of nitrogens with two attached hydrogens (primary N) is 1. The number of oxazole rings is 1. The van der Waals surface area contributed by atoms with Gasteiger partial charge in [-0.1, -0.05) is 34.1 Å². The number of alkyl halides is 3. The fraction of sp³-hybridized carbons (Fsp3) is 0.481. The zero-order chi connectivity index (χ0) is 29.6. The zero-order valence-electron chi connectivity index (χ0n) is 23.0. The Kier molecular flexibility index (Phi) is 14.1. The van der Waals surface area contributed by atoms with Gasteiger partial charge in [0.05, 0.1) is 12.6 Å². The summed E-state index contributed by atoms with van der Waals surface area (Å²) >= 11 is 0. The van der Waals surface area contributed by atoms with Crippen molar-refractivity contribution in [2.45, 2.75) is 72.6 Å². The van der Waals surface area contributed by atoms with Crippen LogP contribution >= 0.6 is 0 Å². The SMILES string of the molecule is C1CCNCC1.CC.CC.C[C@@H](C=O)NC(=O)c1nc(-c2ccc(O)c3nc(C(F)(F)F)ccc23)oc1CN. The number of hydrogen-bond acceptors (Lipinski definition) is 8. The lowest BCUT2D eigenvalue weighted by atomic mass is 10.1. The second kappa shape index (κ2) is 16.5. The normalized spacial score (nSPS) is 13.5. The average molecular weight is 554 g/mol. The molecule has 5 N–H and O–H groups in total. The third-order valence-electron chi connectivity index (χ3n) is 5.22. The number of piperidine rings is 1. The minimum Gasteiger partial charge on any atom is -0.506 e. The van der Waals surface area contributed by atoms with Crippen LogP contribution in [0.1, 0.15) is 75.8 Å². The van der Waals surface area contributed by atoms with Gasteiger partial charge in [-0.2, -0.15) is 13.2 Å². The van der Waals surface area contributed by atoms with Crippen LogP contribution in [0.2, 0.25) is 0 Å². The summed E-state index contributed by atoms with van der Waals surface area (Å²) in [4.78, 5) is 30.6. The Bertz CT molecular complexity index is 1180. The number of halogens is 3. The number of aldehydes is 1. The lowest BCUT2D eigenvalue weighted by Crippen LogP contribution is -2.34. The van der Waals surface area contributed by atoms with Gasteiger partial charge in [0.1, 0.15) is 23.2 Å².